The highest BCUT2D eigenvalue weighted by Crippen LogP contribution is 2.40. The third-order valence-corrected chi connectivity index (χ3v) is 7.91. The van der Waals surface area contributed by atoms with Crippen LogP contribution in [0.5, 0.6) is 5.75 Å². The fourth-order valence-corrected chi connectivity index (χ4v) is 6.23. The average molecular weight is 439 g/mol. The Morgan fingerprint density at radius 3 is 2.72 bits per heavy atom. The van der Waals surface area contributed by atoms with Crippen LogP contribution in [0.2, 0.25) is 0 Å². The zero-order valence-electron chi connectivity index (χ0n) is 15.7. The molecule has 7 heteroatoms. The molecule has 4 aromatic rings. The zero-order valence-corrected chi connectivity index (χ0v) is 18.2. The molecule has 146 valence electrons. The van der Waals surface area contributed by atoms with Crippen LogP contribution in [-0.2, 0) is 6.42 Å². The number of hydrogen-bond acceptors (Lipinski definition) is 6. The van der Waals surface area contributed by atoms with Gasteiger partial charge in [-0.2, -0.15) is 0 Å². The number of benzene rings is 1. The van der Waals surface area contributed by atoms with Gasteiger partial charge in [-0.25, -0.2) is 4.98 Å². The van der Waals surface area contributed by atoms with E-state index < -0.39 is 0 Å². The van der Waals surface area contributed by atoms with Crippen LogP contribution in [0.25, 0.3) is 10.6 Å². The van der Waals surface area contributed by atoms with Gasteiger partial charge in [0.1, 0.15) is 16.5 Å². The smallest absolute Gasteiger partial charge is 0.274 e. The summed E-state index contributed by atoms with van der Waals surface area (Å²) in [5.41, 5.74) is 2.76. The summed E-state index contributed by atoms with van der Waals surface area (Å²) in [4.78, 5) is 22.7. The molecule has 5 rings (SSSR count). The molecule has 0 bridgehead atoms. The van der Waals surface area contributed by atoms with Crippen LogP contribution in [-0.4, -0.2) is 29.4 Å². The summed E-state index contributed by atoms with van der Waals surface area (Å²) < 4.78 is 5.22. The minimum absolute atomic E-state index is 0.00346. The predicted molar refractivity (Wildman–Crippen MR) is 119 cm³/mol. The number of hydrogen-bond donors (Lipinski definition) is 0. The lowest BCUT2D eigenvalue weighted by Crippen LogP contribution is -2.39. The average Bonchev–Trinajstić information content (AvgIpc) is 3.54. The van der Waals surface area contributed by atoms with Gasteiger partial charge < -0.3 is 9.64 Å². The number of nitrogens with zero attached hydrogens (tertiary/aromatic N) is 2. The second-order valence-corrected chi connectivity index (χ2v) is 9.57. The SMILES string of the molecule is COc1ccc(-c2nc(C(=O)N3CCc4sccc4C3c3cccs3)cs2)cc1. The van der Waals surface area contributed by atoms with Gasteiger partial charge in [-0.3, -0.25) is 4.79 Å². The minimum Gasteiger partial charge on any atom is -0.497 e. The molecule has 0 spiro atoms. The number of fused-ring (bicyclic) bond motifs is 1. The van der Waals surface area contributed by atoms with Crippen molar-refractivity contribution >= 4 is 39.9 Å². The van der Waals surface area contributed by atoms with E-state index in [9.17, 15) is 4.79 Å². The summed E-state index contributed by atoms with van der Waals surface area (Å²) in [5, 5.41) is 6.92. The minimum atomic E-state index is -0.0244. The lowest BCUT2D eigenvalue weighted by Gasteiger charge is -2.35. The van der Waals surface area contributed by atoms with Crippen LogP contribution >= 0.6 is 34.0 Å². The highest BCUT2D eigenvalue weighted by atomic mass is 32.1. The first-order valence-electron chi connectivity index (χ1n) is 9.25. The molecule has 0 saturated heterocycles. The molecule has 3 aromatic heterocycles. The van der Waals surface area contributed by atoms with Crippen molar-refractivity contribution in [3.05, 3.63) is 79.6 Å². The number of rotatable bonds is 4. The fraction of sp³-hybridized carbons (Fsp3) is 0.182. The van der Waals surface area contributed by atoms with E-state index in [4.69, 9.17) is 4.74 Å². The Morgan fingerprint density at radius 2 is 1.97 bits per heavy atom. The zero-order chi connectivity index (χ0) is 19.8. The van der Waals surface area contributed by atoms with Crippen LogP contribution in [0.1, 0.15) is 31.8 Å². The van der Waals surface area contributed by atoms with Crippen LogP contribution in [0, 0.1) is 0 Å². The monoisotopic (exact) mass is 438 g/mol. The van der Waals surface area contributed by atoms with Gasteiger partial charge in [0.2, 0.25) is 0 Å². The largest absolute Gasteiger partial charge is 0.497 e. The molecule has 0 saturated carbocycles. The summed E-state index contributed by atoms with van der Waals surface area (Å²) in [6.07, 6.45) is 0.899. The Hall–Kier alpha value is -2.48. The normalized spacial score (nSPS) is 15.9. The van der Waals surface area contributed by atoms with E-state index in [1.54, 1.807) is 29.8 Å². The molecule has 1 aliphatic rings. The van der Waals surface area contributed by atoms with Crippen LogP contribution in [0.4, 0.5) is 0 Å². The summed E-state index contributed by atoms with van der Waals surface area (Å²) >= 11 is 4.98. The van der Waals surface area contributed by atoms with Gasteiger partial charge in [-0.15, -0.1) is 34.0 Å². The Balaban J connectivity index is 1.46. The summed E-state index contributed by atoms with van der Waals surface area (Å²) in [6, 6.07) is 14.1. The first-order valence-corrected chi connectivity index (χ1v) is 11.9. The number of thiophene rings is 2. The fourth-order valence-electron chi connectivity index (χ4n) is 3.67. The van der Waals surface area contributed by atoms with E-state index in [1.807, 2.05) is 40.6 Å². The van der Waals surface area contributed by atoms with Gasteiger partial charge in [-0.1, -0.05) is 6.07 Å². The van der Waals surface area contributed by atoms with E-state index in [0.29, 0.717) is 12.2 Å². The number of carbonyl (C=O) groups excluding carboxylic acids is 1. The van der Waals surface area contributed by atoms with Crippen molar-refractivity contribution in [2.75, 3.05) is 13.7 Å². The molecule has 0 radical (unpaired) electrons. The highest BCUT2D eigenvalue weighted by molar-refractivity contribution is 7.13. The Labute approximate surface area is 181 Å². The lowest BCUT2D eigenvalue weighted by atomic mass is 9.98. The molecule has 1 atom stereocenters. The third-order valence-electron chi connectivity index (χ3n) is 5.10. The van der Waals surface area contributed by atoms with Crippen molar-refractivity contribution in [1.29, 1.82) is 0 Å². The molecule has 0 aliphatic carbocycles. The second kappa shape index (κ2) is 7.74. The molecule has 1 unspecified atom stereocenters. The van der Waals surface area contributed by atoms with E-state index in [1.165, 1.54) is 26.7 Å². The molecular weight excluding hydrogens is 420 g/mol. The van der Waals surface area contributed by atoms with Crippen molar-refractivity contribution in [2.24, 2.45) is 0 Å². The maximum Gasteiger partial charge on any atom is 0.274 e. The molecule has 0 N–H and O–H groups in total. The number of amides is 1. The van der Waals surface area contributed by atoms with Crippen LogP contribution in [0.15, 0.2) is 58.6 Å². The molecule has 1 aromatic carbocycles. The number of ether oxygens (including phenoxy) is 1. The van der Waals surface area contributed by atoms with Gasteiger partial charge in [0.05, 0.1) is 13.2 Å². The van der Waals surface area contributed by atoms with Crippen molar-refractivity contribution in [3.63, 3.8) is 0 Å². The number of carbonyl (C=O) groups is 1. The summed E-state index contributed by atoms with van der Waals surface area (Å²) in [7, 11) is 1.65. The van der Waals surface area contributed by atoms with Crippen LogP contribution in [0.3, 0.4) is 0 Å². The van der Waals surface area contributed by atoms with Crippen molar-refractivity contribution in [3.8, 4) is 16.3 Å². The van der Waals surface area contributed by atoms with Crippen molar-refractivity contribution < 1.29 is 9.53 Å². The highest BCUT2D eigenvalue weighted by Gasteiger charge is 2.34. The maximum absolute atomic E-state index is 13.4. The van der Waals surface area contributed by atoms with Gasteiger partial charge in [0, 0.05) is 27.2 Å². The summed E-state index contributed by atoms with van der Waals surface area (Å²) in [5.74, 6) is 0.802. The summed E-state index contributed by atoms with van der Waals surface area (Å²) in [6.45, 7) is 0.713. The van der Waals surface area contributed by atoms with E-state index in [2.05, 4.69) is 27.9 Å². The molecule has 0 fully saturated rings. The van der Waals surface area contributed by atoms with Gasteiger partial charge in [-0.05, 0) is 59.1 Å². The van der Waals surface area contributed by atoms with Crippen molar-refractivity contribution in [1.82, 2.24) is 9.88 Å². The van der Waals surface area contributed by atoms with Crippen molar-refractivity contribution in [2.45, 2.75) is 12.5 Å². The van der Waals surface area contributed by atoms with E-state index in [0.717, 1.165) is 22.7 Å². The van der Waals surface area contributed by atoms with Gasteiger partial charge >= 0.3 is 0 Å². The molecule has 1 amide bonds. The predicted octanol–water partition coefficient (Wildman–Crippen LogP) is 5.73. The number of aromatic nitrogens is 1. The van der Waals surface area contributed by atoms with Crippen LogP contribution < -0.4 is 4.74 Å². The van der Waals surface area contributed by atoms with Gasteiger partial charge in [0.15, 0.2) is 0 Å². The maximum atomic E-state index is 13.4. The number of thiazole rings is 1. The quantitative estimate of drug-likeness (QED) is 0.409. The Morgan fingerprint density at radius 1 is 1.10 bits per heavy atom. The second-order valence-electron chi connectivity index (χ2n) is 6.73. The topological polar surface area (TPSA) is 42.4 Å². The molecule has 4 nitrogen and oxygen atoms in total. The van der Waals surface area contributed by atoms with E-state index in [-0.39, 0.29) is 11.9 Å². The lowest BCUT2D eigenvalue weighted by molar-refractivity contribution is 0.0693. The Bertz CT molecular complexity index is 1130. The molecule has 29 heavy (non-hydrogen) atoms. The Kier molecular flexibility index (Phi) is 4.95. The molecule has 1 aliphatic heterocycles. The molecule has 4 heterocycles. The molecular formula is C22H18N2O2S3. The first-order chi connectivity index (χ1) is 14.2. The van der Waals surface area contributed by atoms with Gasteiger partial charge in [0.25, 0.3) is 5.91 Å². The third kappa shape index (κ3) is 3.39. The standard InChI is InChI=1S/C22H18N2O2S3/c1-26-15-6-4-14(5-7-15)21-23-17(13-29-21)22(25)24-10-8-18-16(9-12-28-18)20(24)19-3-2-11-27-19/h2-7,9,11-13,20H,8,10H2,1H3. The van der Waals surface area contributed by atoms with E-state index >= 15 is 0 Å². The number of methoxy groups -OCH3 is 1. The first kappa shape index (κ1) is 18.5.